The van der Waals surface area contributed by atoms with Gasteiger partial charge in [0.05, 0.1) is 6.61 Å². The maximum atomic E-state index is 11.5. The predicted octanol–water partition coefficient (Wildman–Crippen LogP) is 0.798. The summed E-state index contributed by atoms with van der Waals surface area (Å²) in [4.78, 5) is 21.7. The number of rotatable bonds is 6. The van der Waals surface area contributed by atoms with Crippen LogP contribution in [0.4, 0.5) is 0 Å². The minimum absolute atomic E-state index is 0.0314. The van der Waals surface area contributed by atoms with E-state index in [-0.39, 0.29) is 18.6 Å². The summed E-state index contributed by atoms with van der Waals surface area (Å²) < 4.78 is 5.22. The Morgan fingerprint density at radius 2 is 1.81 bits per heavy atom. The highest BCUT2D eigenvalue weighted by Gasteiger charge is 2.05. The molecule has 0 amide bonds. The van der Waals surface area contributed by atoms with Crippen molar-refractivity contribution >= 4 is 11.8 Å². The predicted molar refractivity (Wildman–Crippen MR) is 56.2 cm³/mol. The number of carbonyl (C=O) groups excluding carboxylic acids is 2. The van der Waals surface area contributed by atoms with E-state index in [0.29, 0.717) is 17.9 Å². The Balaban J connectivity index is 2.59. The van der Waals surface area contributed by atoms with Crippen LogP contribution in [0.3, 0.4) is 0 Å². The van der Waals surface area contributed by atoms with Crippen LogP contribution in [0.15, 0.2) is 24.3 Å². The molecule has 0 aromatic heterocycles. The van der Waals surface area contributed by atoms with Crippen molar-refractivity contribution in [1.29, 1.82) is 0 Å². The first-order valence-corrected chi connectivity index (χ1v) is 5.09. The van der Waals surface area contributed by atoms with Gasteiger partial charge in [0.15, 0.2) is 5.78 Å². The molecule has 0 fully saturated rings. The number of aliphatic carboxylic acids is 1. The fourth-order valence-corrected chi connectivity index (χ4v) is 1.26. The third-order valence-corrected chi connectivity index (χ3v) is 2.04. The third-order valence-electron chi connectivity index (χ3n) is 2.04. The Bertz CT molecular complexity index is 367. The largest absolute Gasteiger partial charge is 0.550 e. The number of carbonyl (C=O) groups is 2. The number of hydrogen-bond donors (Lipinski definition) is 0. The van der Waals surface area contributed by atoms with Crippen LogP contribution in [-0.2, 0) is 4.79 Å². The number of carboxylic acids is 1. The summed E-state index contributed by atoms with van der Waals surface area (Å²) in [5.41, 5.74) is 0.490. The first kappa shape index (κ1) is 12.2. The van der Waals surface area contributed by atoms with E-state index >= 15 is 0 Å². The highest BCUT2D eigenvalue weighted by atomic mass is 16.5. The second kappa shape index (κ2) is 5.90. The van der Waals surface area contributed by atoms with Crippen molar-refractivity contribution in [2.75, 3.05) is 6.61 Å². The molecule has 0 aliphatic heterocycles. The highest BCUT2D eigenvalue weighted by Crippen LogP contribution is 2.13. The zero-order valence-corrected chi connectivity index (χ0v) is 9.06. The number of ether oxygens (including phenoxy) is 1. The number of ketones is 1. The van der Waals surface area contributed by atoms with E-state index in [1.54, 1.807) is 24.3 Å². The molecule has 0 unspecified atom stereocenters. The van der Waals surface area contributed by atoms with Gasteiger partial charge in [-0.3, -0.25) is 4.79 Å². The van der Waals surface area contributed by atoms with Crippen molar-refractivity contribution in [1.82, 2.24) is 0 Å². The lowest BCUT2D eigenvalue weighted by molar-refractivity contribution is -0.305. The Hall–Kier alpha value is -1.84. The van der Waals surface area contributed by atoms with Crippen molar-refractivity contribution in [2.24, 2.45) is 0 Å². The van der Waals surface area contributed by atoms with Crippen LogP contribution >= 0.6 is 0 Å². The zero-order valence-electron chi connectivity index (χ0n) is 9.06. The van der Waals surface area contributed by atoms with Gasteiger partial charge in [0.1, 0.15) is 5.75 Å². The smallest absolute Gasteiger partial charge is 0.163 e. The molecule has 0 bridgehead atoms. The Labute approximate surface area is 93.9 Å². The molecule has 0 saturated heterocycles. The van der Waals surface area contributed by atoms with E-state index in [0.717, 1.165) is 0 Å². The first-order chi connectivity index (χ1) is 7.63. The molecule has 86 valence electrons. The van der Waals surface area contributed by atoms with Crippen molar-refractivity contribution in [2.45, 2.75) is 19.8 Å². The lowest BCUT2D eigenvalue weighted by Crippen LogP contribution is -2.22. The standard InChI is InChI=1S/C12H14O4/c1-2-16-10-5-3-9(4-6-10)11(13)7-8-12(14)15/h3-6H,2,7-8H2,1H3,(H,14,15)/p-1. The van der Waals surface area contributed by atoms with Gasteiger partial charge in [-0.2, -0.15) is 0 Å². The van der Waals surface area contributed by atoms with Crippen molar-refractivity contribution in [3.63, 3.8) is 0 Å². The maximum Gasteiger partial charge on any atom is 0.163 e. The van der Waals surface area contributed by atoms with E-state index < -0.39 is 5.97 Å². The van der Waals surface area contributed by atoms with Crippen LogP contribution in [0.1, 0.15) is 30.1 Å². The van der Waals surface area contributed by atoms with Crippen molar-refractivity contribution < 1.29 is 19.4 Å². The topological polar surface area (TPSA) is 66.4 Å². The summed E-state index contributed by atoms with van der Waals surface area (Å²) in [5.74, 6) is -0.717. The van der Waals surface area contributed by atoms with Gasteiger partial charge >= 0.3 is 0 Å². The van der Waals surface area contributed by atoms with E-state index in [9.17, 15) is 14.7 Å². The minimum atomic E-state index is -1.21. The second-order valence-corrected chi connectivity index (χ2v) is 3.25. The monoisotopic (exact) mass is 221 g/mol. The molecule has 1 aromatic carbocycles. The minimum Gasteiger partial charge on any atom is -0.550 e. The van der Waals surface area contributed by atoms with Gasteiger partial charge in [-0.25, -0.2) is 0 Å². The van der Waals surface area contributed by atoms with E-state index in [4.69, 9.17) is 4.74 Å². The molecule has 4 nitrogen and oxygen atoms in total. The molecular formula is C12H13O4-. The number of carboxylic acid groups (broad SMARTS) is 1. The molecule has 1 aromatic rings. The highest BCUT2D eigenvalue weighted by molar-refractivity contribution is 5.97. The molecule has 0 saturated carbocycles. The number of benzene rings is 1. The van der Waals surface area contributed by atoms with Gasteiger partial charge in [-0.15, -0.1) is 0 Å². The molecule has 0 N–H and O–H groups in total. The fourth-order valence-electron chi connectivity index (χ4n) is 1.26. The zero-order chi connectivity index (χ0) is 12.0. The molecule has 4 heteroatoms. The Morgan fingerprint density at radius 3 is 2.31 bits per heavy atom. The molecular weight excluding hydrogens is 208 g/mol. The van der Waals surface area contributed by atoms with Gasteiger partial charge in [-0.1, -0.05) is 0 Å². The van der Waals surface area contributed by atoms with Crippen molar-refractivity contribution in [3.05, 3.63) is 29.8 Å². The number of Topliss-reactive ketones (excluding diaryl/α,β-unsaturated/α-hetero) is 1. The van der Waals surface area contributed by atoms with Gasteiger partial charge in [0.25, 0.3) is 0 Å². The molecule has 0 heterocycles. The summed E-state index contributed by atoms with van der Waals surface area (Å²) in [6.45, 7) is 2.44. The lowest BCUT2D eigenvalue weighted by Gasteiger charge is -2.05. The normalized spacial score (nSPS) is 9.81. The molecule has 0 atom stereocenters. The quantitative estimate of drug-likeness (QED) is 0.666. The molecule has 0 aliphatic rings. The van der Waals surface area contributed by atoms with Crippen molar-refractivity contribution in [3.8, 4) is 5.75 Å². The van der Waals surface area contributed by atoms with Crippen LogP contribution in [0.5, 0.6) is 5.75 Å². The van der Waals surface area contributed by atoms with Gasteiger partial charge in [-0.05, 0) is 37.6 Å². The summed E-state index contributed by atoms with van der Waals surface area (Å²) in [6, 6.07) is 6.64. The SMILES string of the molecule is CCOc1ccc(C(=O)CCC(=O)[O-])cc1. The maximum absolute atomic E-state index is 11.5. The fraction of sp³-hybridized carbons (Fsp3) is 0.333. The molecule has 0 aliphatic carbocycles. The second-order valence-electron chi connectivity index (χ2n) is 3.25. The summed E-state index contributed by atoms with van der Waals surface area (Å²) in [6.07, 6.45) is -0.275. The van der Waals surface area contributed by atoms with Crippen LogP contribution in [-0.4, -0.2) is 18.4 Å². The van der Waals surface area contributed by atoms with E-state index in [1.165, 1.54) is 0 Å². The van der Waals surface area contributed by atoms with E-state index in [1.807, 2.05) is 6.92 Å². The van der Waals surface area contributed by atoms with Crippen LogP contribution in [0, 0.1) is 0 Å². The summed E-state index contributed by atoms with van der Waals surface area (Å²) in [7, 11) is 0. The van der Waals surface area contributed by atoms with Gasteiger partial charge in [0.2, 0.25) is 0 Å². The molecule has 1 rings (SSSR count). The Morgan fingerprint density at radius 1 is 1.19 bits per heavy atom. The first-order valence-electron chi connectivity index (χ1n) is 5.09. The van der Waals surface area contributed by atoms with E-state index in [2.05, 4.69) is 0 Å². The van der Waals surface area contributed by atoms with Gasteiger partial charge < -0.3 is 14.6 Å². The molecule has 16 heavy (non-hydrogen) atoms. The summed E-state index contributed by atoms with van der Waals surface area (Å²) >= 11 is 0. The third kappa shape index (κ3) is 3.73. The lowest BCUT2D eigenvalue weighted by atomic mass is 10.1. The van der Waals surface area contributed by atoms with Crippen LogP contribution < -0.4 is 9.84 Å². The summed E-state index contributed by atoms with van der Waals surface area (Å²) in [5, 5.41) is 10.2. The van der Waals surface area contributed by atoms with Crippen LogP contribution in [0.25, 0.3) is 0 Å². The average Bonchev–Trinajstić information content (AvgIpc) is 2.27. The number of hydrogen-bond acceptors (Lipinski definition) is 4. The Kier molecular flexibility index (Phi) is 4.51. The average molecular weight is 221 g/mol. The molecule has 0 spiro atoms. The molecule has 0 radical (unpaired) electrons. The van der Waals surface area contributed by atoms with Crippen LogP contribution in [0.2, 0.25) is 0 Å². The van der Waals surface area contributed by atoms with Gasteiger partial charge in [0, 0.05) is 18.0 Å².